The van der Waals surface area contributed by atoms with Gasteiger partial charge in [-0.15, -0.1) is 0 Å². The van der Waals surface area contributed by atoms with Crippen LogP contribution in [-0.4, -0.2) is 42.9 Å². The smallest absolute Gasteiger partial charge is 0.352 e. The van der Waals surface area contributed by atoms with Crippen molar-refractivity contribution in [3.8, 4) is 11.1 Å². The molecule has 13 heteroatoms. The van der Waals surface area contributed by atoms with Crippen molar-refractivity contribution in [2.45, 2.75) is 59.7 Å². The normalized spacial score (nSPS) is 13.4. The van der Waals surface area contributed by atoms with Gasteiger partial charge in [0.05, 0.1) is 26.9 Å². The van der Waals surface area contributed by atoms with Gasteiger partial charge in [-0.1, -0.05) is 134 Å². The molecule has 0 radical (unpaired) electrons. The first-order valence-corrected chi connectivity index (χ1v) is 19.8. The van der Waals surface area contributed by atoms with E-state index in [0.29, 0.717) is 40.4 Å². The van der Waals surface area contributed by atoms with E-state index in [1.807, 2.05) is 25.1 Å². The van der Waals surface area contributed by atoms with Gasteiger partial charge in [0.2, 0.25) is 6.10 Å². The highest BCUT2D eigenvalue weighted by molar-refractivity contribution is 8.13. The van der Waals surface area contributed by atoms with E-state index >= 15 is 8.42 Å². The topological polar surface area (TPSA) is 156 Å². The van der Waals surface area contributed by atoms with E-state index in [1.54, 1.807) is 73.7 Å². The highest BCUT2D eigenvalue weighted by Gasteiger charge is 2.50. The minimum atomic E-state index is -4.86. The summed E-state index contributed by atoms with van der Waals surface area (Å²) in [6.07, 6.45) is -0.198. The number of para-hydroxylation sites is 1. The summed E-state index contributed by atoms with van der Waals surface area (Å²) < 4.78 is 45.9. The van der Waals surface area contributed by atoms with Gasteiger partial charge in [-0.2, -0.15) is 0 Å². The lowest BCUT2D eigenvalue weighted by Crippen LogP contribution is -2.43. The molecule has 0 heterocycles. The van der Waals surface area contributed by atoms with Crippen molar-refractivity contribution in [1.29, 1.82) is 0 Å². The Bertz CT molecular complexity index is 2270. The largest absolute Gasteiger partial charge is 0.463 e. The van der Waals surface area contributed by atoms with Crippen LogP contribution in [0.25, 0.3) is 11.1 Å². The van der Waals surface area contributed by atoms with Crippen molar-refractivity contribution in [3.05, 3.63) is 160 Å². The van der Waals surface area contributed by atoms with E-state index in [9.17, 15) is 24.5 Å². The molecule has 5 aromatic rings. The van der Waals surface area contributed by atoms with Crippen LogP contribution < -0.4 is 0 Å². The number of carbonyl (C=O) groups excluding carboxylic acids is 3. The molecule has 284 valence electrons. The van der Waals surface area contributed by atoms with Crippen LogP contribution in [0, 0.1) is 17.0 Å². The van der Waals surface area contributed by atoms with Crippen LogP contribution in [0.2, 0.25) is 0 Å². The standard InChI is InChI=1S/C42H39NO10S2/c1-4-5-26-51-40(46)38(31-18-10-7-11-19-31)53-39(45)33-27-29(2)24-25-37(33)55(49,50)41(54-36-23-15-14-22-35(36)43(47)48)42(3,52-28-44)34-21-13-12-20-32(34)30-16-8-6-9-17-30/h6-25,27-28,38,41H,4-5,26H2,1-3H3. The Morgan fingerprint density at radius 1 is 0.891 bits per heavy atom. The van der Waals surface area contributed by atoms with E-state index in [-0.39, 0.29) is 29.2 Å². The summed E-state index contributed by atoms with van der Waals surface area (Å²) in [6, 6.07) is 33.6. The summed E-state index contributed by atoms with van der Waals surface area (Å²) in [6.45, 7) is 5.20. The van der Waals surface area contributed by atoms with Gasteiger partial charge in [-0.05, 0) is 49.6 Å². The molecule has 0 amide bonds. The molecule has 5 aromatic carbocycles. The van der Waals surface area contributed by atoms with Gasteiger partial charge in [0, 0.05) is 17.2 Å². The Balaban J connectivity index is 1.71. The summed E-state index contributed by atoms with van der Waals surface area (Å²) in [5, 5.41) is 12.2. The summed E-state index contributed by atoms with van der Waals surface area (Å²) in [4.78, 5) is 51.0. The predicted molar refractivity (Wildman–Crippen MR) is 208 cm³/mol. The van der Waals surface area contributed by atoms with Gasteiger partial charge in [0.25, 0.3) is 12.2 Å². The molecule has 0 aliphatic rings. The van der Waals surface area contributed by atoms with Gasteiger partial charge in [0.1, 0.15) is 0 Å². The number of sulfone groups is 1. The quantitative estimate of drug-likeness (QED) is 0.0169. The van der Waals surface area contributed by atoms with Crippen LogP contribution in [0.1, 0.15) is 59.8 Å². The molecule has 5 rings (SSSR count). The average molecular weight is 782 g/mol. The molecule has 0 aliphatic heterocycles. The molecule has 3 atom stereocenters. The second-order valence-corrected chi connectivity index (χ2v) is 16.1. The third-order valence-corrected chi connectivity index (χ3v) is 13.1. The van der Waals surface area contributed by atoms with E-state index in [4.69, 9.17) is 14.2 Å². The van der Waals surface area contributed by atoms with Crippen molar-refractivity contribution in [2.24, 2.45) is 0 Å². The molecule has 0 aromatic heterocycles. The number of rotatable bonds is 17. The highest BCUT2D eigenvalue weighted by atomic mass is 32.3. The van der Waals surface area contributed by atoms with Crippen molar-refractivity contribution in [2.75, 3.05) is 6.61 Å². The number of thioether (sulfide) groups is 1. The van der Waals surface area contributed by atoms with Gasteiger partial charge in [-0.25, -0.2) is 18.0 Å². The third kappa shape index (κ3) is 9.13. The maximum absolute atomic E-state index is 15.4. The van der Waals surface area contributed by atoms with Crippen LogP contribution in [0.4, 0.5) is 5.69 Å². The van der Waals surface area contributed by atoms with Gasteiger partial charge in [-0.3, -0.25) is 14.9 Å². The number of ether oxygens (including phenoxy) is 3. The van der Waals surface area contributed by atoms with Crippen LogP contribution >= 0.6 is 11.8 Å². The maximum atomic E-state index is 15.4. The molecule has 3 unspecified atom stereocenters. The minimum absolute atomic E-state index is 0.0332. The van der Waals surface area contributed by atoms with Gasteiger partial charge >= 0.3 is 11.9 Å². The summed E-state index contributed by atoms with van der Waals surface area (Å²) in [5.41, 5.74) is -0.518. The number of nitro benzene ring substituents is 1. The number of hydrogen-bond acceptors (Lipinski definition) is 11. The van der Waals surface area contributed by atoms with E-state index < -0.39 is 53.4 Å². The summed E-state index contributed by atoms with van der Waals surface area (Å²) in [5.74, 6) is -1.97. The lowest BCUT2D eigenvalue weighted by atomic mass is 9.89. The molecule has 0 N–H and O–H groups in total. The first-order valence-electron chi connectivity index (χ1n) is 17.4. The molecule has 11 nitrogen and oxygen atoms in total. The van der Waals surface area contributed by atoms with Crippen molar-refractivity contribution in [3.63, 3.8) is 0 Å². The zero-order chi connectivity index (χ0) is 39.6. The third-order valence-electron chi connectivity index (χ3n) is 8.81. The predicted octanol–water partition coefficient (Wildman–Crippen LogP) is 8.79. The zero-order valence-electron chi connectivity index (χ0n) is 30.3. The fraction of sp³-hybridized carbons (Fsp3) is 0.214. The van der Waals surface area contributed by atoms with E-state index in [0.717, 1.165) is 6.42 Å². The van der Waals surface area contributed by atoms with Crippen molar-refractivity contribution in [1.82, 2.24) is 0 Å². The first kappa shape index (κ1) is 40.4. The first-order chi connectivity index (χ1) is 26.4. The highest BCUT2D eigenvalue weighted by Crippen LogP contribution is 2.49. The van der Waals surface area contributed by atoms with Gasteiger partial charge < -0.3 is 14.2 Å². The number of aryl methyl sites for hydroxylation is 1. The van der Waals surface area contributed by atoms with Gasteiger partial charge in [0.15, 0.2) is 20.0 Å². The van der Waals surface area contributed by atoms with E-state index in [1.165, 1.54) is 49.4 Å². The second kappa shape index (κ2) is 18.0. The molecule has 0 aliphatic carbocycles. The molecular formula is C42H39NO10S2. The molecule has 0 spiro atoms. The average Bonchev–Trinajstić information content (AvgIpc) is 3.19. The van der Waals surface area contributed by atoms with Crippen LogP contribution in [0.3, 0.4) is 0 Å². The number of unbranched alkanes of at least 4 members (excludes halogenated alkanes) is 1. The Morgan fingerprint density at radius 2 is 1.53 bits per heavy atom. The fourth-order valence-electron chi connectivity index (χ4n) is 6.04. The molecule has 55 heavy (non-hydrogen) atoms. The number of nitrogens with zero attached hydrogens (tertiary/aromatic N) is 1. The van der Waals surface area contributed by atoms with Crippen LogP contribution in [0.5, 0.6) is 0 Å². The lowest BCUT2D eigenvalue weighted by Gasteiger charge is -2.37. The number of hydrogen-bond donors (Lipinski definition) is 0. The second-order valence-electron chi connectivity index (χ2n) is 12.7. The fourth-order valence-corrected chi connectivity index (χ4v) is 9.94. The zero-order valence-corrected chi connectivity index (χ0v) is 32.0. The number of benzene rings is 5. The summed E-state index contributed by atoms with van der Waals surface area (Å²) in [7, 11) is -4.86. The molecule has 0 bridgehead atoms. The molecule has 0 saturated heterocycles. The van der Waals surface area contributed by atoms with Crippen LogP contribution in [0.15, 0.2) is 137 Å². The molecule has 0 fully saturated rings. The minimum Gasteiger partial charge on any atom is -0.463 e. The monoisotopic (exact) mass is 781 g/mol. The lowest BCUT2D eigenvalue weighted by molar-refractivity contribution is -0.387. The number of esters is 2. The Labute approximate surface area is 323 Å². The van der Waals surface area contributed by atoms with Crippen molar-refractivity contribution >= 4 is 45.7 Å². The maximum Gasteiger partial charge on any atom is 0.352 e. The van der Waals surface area contributed by atoms with Crippen molar-refractivity contribution < 1.29 is 41.9 Å². The SMILES string of the molecule is CCCCOC(=O)C(OC(=O)c1cc(C)ccc1S(=O)(=O)C(Sc1ccccc1[N+](=O)[O-])C(C)(OC=O)c1ccccc1-c1ccccc1)c1ccccc1. The van der Waals surface area contributed by atoms with E-state index in [2.05, 4.69) is 0 Å². The molecular weight excluding hydrogens is 743 g/mol. The molecule has 0 saturated carbocycles. The number of nitro groups is 1. The Hall–Kier alpha value is -5.79. The Morgan fingerprint density at radius 3 is 2.20 bits per heavy atom. The summed E-state index contributed by atoms with van der Waals surface area (Å²) >= 11 is 0.603. The van der Waals surface area contributed by atoms with Crippen LogP contribution in [-0.2, 0) is 39.2 Å². The number of carbonyl (C=O) groups is 3. The Kier molecular flexibility index (Phi) is 13.2.